The predicted molar refractivity (Wildman–Crippen MR) is 227 cm³/mol. The number of nitrogens with zero attached hydrogens (tertiary/aromatic N) is 2. The average Bonchev–Trinajstić information content (AvgIpc) is 3.88. The van der Waals surface area contributed by atoms with Gasteiger partial charge in [-0.25, -0.2) is 14.8 Å². The van der Waals surface area contributed by atoms with Crippen LogP contribution in [0.4, 0.5) is 0 Å². The maximum absolute atomic E-state index is 13.9. The Hall–Kier alpha value is -5.81. The van der Waals surface area contributed by atoms with E-state index in [9.17, 15) is 19.5 Å². The zero-order valence-corrected chi connectivity index (χ0v) is 33.8. The molecule has 4 N–H and O–H groups in total. The number of hydrogen-bond acceptors (Lipinski definition) is 7. The molecule has 0 saturated heterocycles. The first-order valence-corrected chi connectivity index (χ1v) is 20.4. The third kappa shape index (κ3) is 10.9. The van der Waals surface area contributed by atoms with Gasteiger partial charge >= 0.3 is 5.97 Å². The quantitative estimate of drug-likeness (QED) is 0.0636. The number of H-pyrrole nitrogens is 1. The minimum Gasteiger partial charge on any atom is -0.494 e. The van der Waals surface area contributed by atoms with Crippen molar-refractivity contribution < 1.29 is 24.2 Å². The third-order valence-electron chi connectivity index (χ3n) is 9.91. The molecular formula is C46H51N5O5S. The van der Waals surface area contributed by atoms with Crippen molar-refractivity contribution in [3.8, 4) is 28.3 Å². The van der Waals surface area contributed by atoms with Gasteiger partial charge in [0, 0.05) is 58.3 Å². The van der Waals surface area contributed by atoms with Crippen molar-refractivity contribution in [2.24, 2.45) is 0 Å². The lowest BCUT2D eigenvalue weighted by Crippen LogP contribution is -2.53. The van der Waals surface area contributed by atoms with Crippen LogP contribution in [0.15, 0.2) is 104 Å². The Kier molecular flexibility index (Phi) is 13.5. The van der Waals surface area contributed by atoms with E-state index in [1.165, 1.54) is 37.0 Å². The van der Waals surface area contributed by atoms with Crippen LogP contribution >= 0.6 is 11.3 Å². The lowest BCUT2D eigenvalue weighted by molar-refractivity contribution is -0.142. The van der Waals surface area contributed by atoms with Gasteiger partial charge in [0.2, 0.25) is 5.91 Å². The number of aromatic nitrogens is 3. The monoisotopic (exact) mass is 785 g/mol. The summed E-state index contributed by atoms with van der Waals surface area (Å²) < 4.78 is 5.91. The SMILES string of the molecule is CCCCCCCOc1ccc(-c2cnc(-c3ccc(CC(NC(=O)c4ccc(C(C)(C)C)s4)C(=O)NC(Cc4c[nH]c5ccccc45)C(=O)O)cc3)nc2)cc1. The topological polar surface area (TPSA) is 146 Å². The van der Waals surface area contributed by atoms with E-state index in [1.807, 2.05) is 78.9 Å². The van der Waals surface area contributed by atoms with E-state index in [4.69, 9.17) is 4.74 Å². The molecule has 6 rings (SSSR count). The highest BCUT2D eigenvalue weighted by molar-refractivity contribution is 7.14. The van der Waals surface area contributed by atoms with Crippen molar-refractivity contribution in [3.05, 3.63) is 124 Å². The molecule has 296 valence electrons. The zero-order chi connectivity index (χ0) is 40.4. The molecule has 0 bridgehead atoms. The van der Waals surface area contributed by atoms with Crippen LogP contribution in [0, 0.1) is 0 Å². The van der Waals surface area contributed by atoms with Crippen LogP contribution in [-0.4, -0.2) is 56.5 Å². The van der Waals surface area contributed by atoms with E-state index in [2.05, 4.69) is 53.3 Å². The Morgan fingerprint density at radius 3 is 2.18 bits per heavy atom. The number of hydrogen-bond donors (Lipinski definition) is 4. The Bertz CT molecular complexity index is 2260. The van der Waals surface area contributed by atoms with Gasteiger partial charge in [0.1, 0.15) is 17.8 Å². The number of carboxylic acid groups (broad SMARTS) is 1. The van der Waals surface area contributed by atoms with Crippen molar-refractivity contribution in [1.82, 2.24) is 25.6 Å². The summed E-state index contributed by atoms with van der Waals surface area (Å²) in [5.41, 5.74) is 4.93. The molecule has 0 radical (unpaired) electrons. The second-order valence-corrected chi connectivity index (χ2v) is 16.5. The molecular weight excluding hydrogens is 735 g/mol. The van der Waals surface area contributed by atoms with Gasteiger partial charge in [-0.2, -0.15) is 0 Å². The highest BCUT2D eigenvalue weighted by atomic mass is 32.1. The Labute approximate surface area is 338 Å². The molecule has 3 aromatic heterocycles. The number of ether oxygens (including phenoxy) is 1. The molecule has 0 aliphatic rings. The number of rotatable bonds is 18. The summed E-state index contributed by atoms with van der Waals surface area (Å²) in [5, 5.41) is 16.7. The lowest BCUT2D eigenvalue weighted by Gasteiger charge is -2.22. The fraction of sp³-hybridized carbons (Fsp3) is 0.326. The van der Waals surface area contributed by atoms with Crippen LogP contribution in [0.2, 0.25) is 0 Å². The molecule has 6 aromatic rings. The molecule has 2 amide bonds. The number of carbonyl (C=O) groups is 3. The van der Waals surface area contributed by atoms with Crippen LogP contribution in [-0.2, 0) is 27.8 Å². The molecule has 57 heavy (non-hydrogen) atoms. The average molecular weight is 786 g/mol. The first-order chi connectivity index (χ1) is 27.5. The maximum Gasteiger partial charge on any atom is 0.326 e. The van der Waals surface area contributed by atoms with Gasteiger partial charge in [-0.3, -0.25) is 9.59 Å². The second-order valence-electron chi connectivity index (χ2n) is 15.4. The summed E-state index contributed by atoms with van der Waals surface area (Å²) in [7, 11) is 0. The zero-order valence-electron chi connectivity index (χ0n) is 33.0. The molecule has 3 heterocycles. The van der Waals surface area contributed by atoms with Gasteiger partial charge in [-0.1, -0.05) is 108 Å². The van der Waals surface area contributed by atoms with Crippen molar-refractivity contribution in [2.75, 3.05) is 6.61 Å². The lowest BCUT2D eigenvalue weighted by atomic mass is 9.95. The minimum absolute atomic E-state index is 0.0675. The number of para-hydroxylation sites is 1. The number of nitrogens with one attached hydrogen (secondary N) is 3. The summed E-state index contributed by atoms with van der Waals surface area (Å²) in [6, 6.07) is 24.5. The number of carbonyl (C=O) groups excluding carboxylic acids is 2. The number of carboxylic acids is 1. The number of benzene rings is 3. The van der Waals surface area contributed by atoms with Gasteiger partial charge in [0.15, 0.2) is 5.82 Å². The smallest absolute Gasteiger partial charge is 0.326 e. The molecule has 3 aromatic carbocycles. The van der Waals surface area contributed by atoms with E-state index < -0.39 is 29.9 Å². The highest BCUT2D eigenvalue weighted by Gasteiger charge is 2.29. The molecule has 2 unspecified atom stereocenters. The highest BCUT2D eigenvalue weighted by Crippen LogP contribution is 2.30. The summed E-state index contributed by atoms with van der Waals surface area (Å²) in [5.74, 6) is -0.765. The van der Waals surface area contributed by atoms with E-state index in [0.717, 1.165) is 55.8 Å². The third-order valence-corrected chi connectivity index (χ3v) is 11.4. The van der Waals surface area contributed by atoms with Crippen LogP contribution in [0.3, 0.4) is 0 Å². The summed E-state index contributed by atoms with van der Waals surface area (Å²) in [4.78, 5) is 53.8. The maximum atomic E-state index is 13.9. The Morgan fingerprint density at radius 2 is 1.49 bits per heavy atom. The fourth-order valence-corrected chi connectivity index (χ4v) is 7.55. The van der Waals surface area contributed by atoms with E-state index in [-0.39, 0.29) is 18.3 Å². The normalized spacial score (nSPS) is 12.6. The number of aromatic amines is 1. The Balaban J connectivity index is 1.13. The first kappa shape index (κ1) is 40.8. The van der Waals surface area contributed by atoms with E-state index in [0.29, 0.717) is 17.3 Å². The van der Waals surface area contributed by atoms with Crippen LogP contribution in [0.25, 0.3) is 33.4 Å². The van der Waals surface area contributed by atoms with Crippen molar-refractivity contribution in [3.63, 3.8) is 0 Å². The summed E-state index contributed by atoms with van der Waals surface area (Å²) in [6.45, 7) is 9.15. The molecule has 0 aliphatic heterocycles. The van der Waals surface area contributed by atoms with Gasteiger partial charge in [-0.05, 0) is 58.9 Å². The molecule has 2 atom stereocenters. The standard InChI is InChI=1S/C46H51N5O5S/c1-5-6-7-8-11-24-56-35-20-18-31(19-21-35)34-28-48-42(49-29-34)32-16-14-30(15-17-32)25-38(50-44(53)40-22-23-41(57-40)46(2,3)4)43(52)51-39(45(54)55)26-33-27-47-37-13-10-9-12-36(33)37/h9-10,12-23,27-29,38-39,47H,5-8,11,24-26H2,1-4H3,(H,50,53)(H,51,52)(H,54,55). The Morgan fingerprint density at radius 1 is 0.789 bits per heavy atom. The molecule has 0 saturated carbocycles. The molecule has 10 nitrogen and oxygen atoms in total. The molecule has 0 spiro atoms. The van der Waals surface area contributed by atoms with Crippen LogP contribution in [0.5, 0.6) is 5.75 Å². The number of aliphatic carboxylic acids is 1. The van der Waals surface area contributed by atoms with Gasteiger partial charge in [-0.15, -0.1) is 11.3 Å². The molecule has 0 aliphatic carbocycles. The second kappa shape index (κ2) is 18.9. The van der Waals surface area contributed by atoms with Gasteiger partial charge in [0.05, 0.1) is 11.5 Å². The fourth-order valence-electron chi connectivity index (χ4n) is 6.59. The largest absolute Gasteiger partial charge is 0.494 e. The molecule has 0 fully saturated rings. The van der Waals surface area contributed by atoms with Gasteiger partial charge < -0.3 is 25.5 Å². The minimum atomic E-state index is -1.22. The number of thiophene rings is 1. The summed E-state index contributed by atoms with van der Waals surface area (Å²) >= 11 is 1.37. The predicted octanol–water partition coefficient (Wildman–Crippen LogP) is 9.15. The van der Waals surface area contributed by atoms with Crippen LogP contribution < -0.4 is 15.4 Å². The first-order valence-electron chi connectivity index (χ1n) is 19.6. The summed E-state index contributed by atoms with van der Waals surface area (Å²) in [6.07, 6.45) is 11.5. The number of fused-ring (bicyclic) bond motifs is 1. The van der Waals surface area contributed by atoms with E-state index >= 15 is 0 Å². The molecule has 11 heteroatoms. The number of amides is 2. The van der Waals surface area contributed by atoms with Crippen molar-refractivity contribution in [2.45, 2.75) is 90.1 Å². The van der Waals surface area contributed by atoms with Gasteiger partial charge in [0.25, 0.3) is 5.91 Å². The number of unbranched alkanes of at least 4 members (excludes halogenated alkanes) is 4. The van der Waals surface area contributed by atoms with E-state index in [1.54, 1.807) is 24.7 Å². The van der Waals surface area contributed by atoms with Crippen molar-refractivity contribution >= 4 is 40.0 Å². The van der Waals surface area contributed by atoms with Crippen LogP contribution in [0.1, 0.15) is 85.5 Å². The van der Waals surface area contributed by atoms with Crippen molar-refractivity contribution in [1.29, 1.82) is 0 Å².